The van der Waals surface area contributed by atoms with Gasteiger partial charge in [-0.2, -0.15) is 0 Å². The molecule has 1 fully saturated rings. The average molecular weight is 367 g/mol. The number of nitrogens with one attached hydrogen (secondary N) is 1. The van der Waals surface area contributed by atoms with Crippen LogP contribution in [0.15, 0.2) is 54.6 Å². The smallest absolute Gasteiger partial charge is 0.321 e. The lowest BCUT2D eigenvalue weighted by atomic mass is 9.94. The third-order valence-corrected chi connectivity index (χ3v) is 5.10. The molecule has 144 valence electrons. The Hall–Kier alpha value is -2.49. The molecule has 1 saturated heterocycles. The number of hydrogen-bond acceptors (Lipinski definition) is 2. The van der Waals surface area contributed by atoms with E-state index in [9.17, 15) is 4.79 Å². The summed E-state index contributed by atoms with van der Waals surface area (Å²) >= 11 is 0. The Balaban J connectivity index is 1.57. The van der Waals surface area contributed by atoms with Crippen LogP contribution >= 0.6 is 0 Å². The molecule has 2 amide bonds. The molecule has 1 N–H and O–H groups in total. The van der Waals surface area contributed by atoms with Gasteiger partial charge in [0, 0.05) is 24.7 Å². The predicted octanol–water partition coefficient (Wildman–Crippen LogP) is 5.67. The number of ether oxygens (including phenoxy) is 1. The van der Waals surface area contributed by atoms with Crippen molar-refractivity contribution in [3.8, 4) is 5.75 Å². The molecule has 2 aromatic rings. The van der Waals surface area contributed by atoms with Gasteiger partial charge in [0.05, 0.1) is 6.61 Å². The van der Waals surface area contributed by atoms with Crippen LogP contribution in [0.25, 0.3) is 0 Å². The second kappa shape index (κ2) is 10.0. The number of nitrogens with zero attached hydrogens (tertiary/aromatic N) is 1. The Morgan fingerprint density at radius 2 is 1.89 bits per heavy atom. The molecule has 1 heterocycles. The zero-order valence-corrected chi connectivity index (χ0v) is 16.2. The molecular formula is C23H30N2O2. The topological polar surface area (TPSA) is 41.6 Å². The molecule has 4 nitrogen and oxygen atoms in total. The number of benzene rings is 2. The van der Waals surface area contributed by atoms with Crippen molar-refractivity contribution in [3.63, 3.8) is 0 Å². The first-order valence-corrected chi connectivity index (χ1v) is 10.1. The molecular weight excluding hydrogens is 336 g/mol. The van der Waals surface area contributed by atoms with E-state index in [1.807, 2.05) is 35.2 Å². The third kappa shape index (κ3) is 5.75. The zero-order chi connectivity index (χ0) is 18.9. The number of unbranched alkanes of at least 4 members (excludes halogenated alkanes) is 1. The van der Waals surface area contributed by atoms with Gasteiger partial charge in [0.15, 0.2) is 0 Å². The van der Waals surface area contributed by atoms with Gasteiger partial charge in [0.25, 0.3) is 0 Å². The molecule has 0 bridgehead atoms. The summed E-state index contributed by atoms with van der Waals surface area (Å²) in [6.07, 6.45) is 5.52. The van der Waals surface area contributed by atoms with E-state index >= 15 is 0 Å². The first-order valence-electron chi connectivity index (χ1n) is 10.1. The summed E-state index contributed by atoms with van der Waals surface area (Å²) in [5, 5.41) is 3.04. The summed E-state index contributed by atoms with van der Waals surface area (Å²) in [4.78, 5) is 14.7. The molecule has 1 aliphatic heterocycles. The lowest BCUT2D eigenvalue weighted by molar-refractivity contribution is 0.211. The highest BCUT2D eigenvalue weighted by molar-refractivity contribution is 5.89. The van der Waals surface area contributed by atoms with Gasteiger partial charge in [0.1, 0.15) is 5.75 Å². The Bertz CT molecular complexity index is 700. The number of likely N-dealkylation sites (tertiary alicyclic amines) is 1. The van der Waals surface area contributed by atoms with Crippen molar-refractivity contribution in [2.24, 2.45) is 0 Å². The fraction of sp³-hybridized carbons (Fsp3) is 0.435. The summed E-state index contributed by atoms with van der Waals surface area (Å²) in [7, 11) is 0. The maximum Gasteiger partial charge on any atom is 0.321 e. The second-order valence-corrected chi connectivity index (χ2v) is 7.21. The van der Waals surface area contributed by atoms with E-state index in [1.54, 1.807) is 0 Å². The van der Waals surface area contributed by atoms with Gasteiger partial charge < -0.3 is 15.0 Å². The van der Waals surface area contributed by atoms with Gasteiger partial charge in [-0.3, -0.25) is 0 Å². The van der Waals surface area contributed by atoms with Crippen LogP contribution in [-0.2, 0) is 0 Å². The minimum Gasteiger partial charge on any atom is -0.494 e. The van der Waals surface area contributed by atoms with E-state index in [1.165, 1.54) is 5.56 Å². The largest absolute Gasteiger partial charge is 0.494 e. The van der Waals surface area contributed by atoms with Crippen LogP contribution in [-0.4, -0.2) is 30.6 Å². The molecule has 2 aromatic carbocycles. The highest BCUT2D eigenvalue weighted by Gasteiger charge is 2.23. The first-order chi connectivity index (χ1) is 13.3. The van der Waals surface area contributed by atoms with Crippen LogP contribution in [0.2, 0.25) is 0 Å². The molecule has 0 spiro atoms. The number of rotatable bonds is 6. The summed E-state index contributed by atoms with van der Waals surface area (Å²) < 4.78 is 5.68. The zero-order valence-electron chi connectivity index (χ0n) is 16.2. The molecule has 0 aromatic heterocycles. The van der Waals surface area contributed by atoms with Gasteiger partial charge in [-0.15, -0.1) is 0 Å². The quantitative estimate of drug-likeness (QED) is 0.670. The molecule has 3 rings (SSSR count). The van der Waals surface area contributed by atoms with E-state index in [0.29, 0.717) is 5.92 Å². The molecule has 27 heavy (non-hydrogen) atoms. The number of urea groups is 1. The van der Waals surface area contributed by atoms with Gasteiger partial charge >= 0.3 is 6.03 Å². The maximum absolute atomic E-state index is 12.8. The fourth-order valence-corrected chi connectivity index (χ4v) is 3.50. The fourth-order valence-electron chi connectivity index (χ4n) is 3.50. The Kier molecular flexibility index (Phi) is 7.14. The Morgan fingerprint density at radius 3 is 2.63 bits per heavy atom. The van der Waals surface area contributed by atoms with Crippen molar-refractivity contribution in [1.82, 2.24) is 4.90 Å². The molecule has 0 saturated carbocycles. The molecule has 0 radical (unpaired) electrons. The van der Waals surface area contributed by atoms with E-state index in [2.05, 4.69) is 36.5 Å². The van der Waals surface area contributed by atoms with Crippen molar-refractivity contribution >= 4 is 11.7 Å². The molecule has 4 heteroatoms. The number of amides is 2. The van der Waals surface area contributed by atoms with Gasteiger partial charge in [-0.1, -0.05) is 50.1 Å². The normalized spacial score (nSPS) is 17.2. The standard InChI is InChI=1S/C23H30N2O2/c1-2-3-17-27-22-14-12-21(13-15-22)24-23(26)25-16-8-7-11-20(18-25)19-9-5-4-6-10-19/h4-6,9-10,12-15,20H,2-3,7-8,11,16-18H2,1H3,(H,24,26). The minimum absolute atomic E-state index is 0.0162. The van der Waals surface area contributed by atoms with E-state index in [-0.39, 0.29) is 6.03 Å². The van der Waals surface area contributed by atoms with Gasteiger partial charge in [-0.25, -0.2) is 4.79 Å². The van der Waals surface area contributed by atoms with Crippen LogP contribution in [0.3, 0.4) is 0 Å². The average Bonchev–Trinajstić information content (AvgIpc) is 2.97. The highest BCUT2D eigenvalue weighted by Crippen LogP contribution is 2.27. The lowest BCUT2D eigenvalue weighted by Gasteiger charge is -2.25. The van der Waals surface area contributed by atoms with Crippen LogP contribution in [0.4, 0.5) is 10.5 Å². The maximum atomic E-state index is 12.8. The predicted molar refractivity (Wildman–Crippen MR) is 110 cm³/mol. The van der Waals surface area contributed by atoms with Crippen molar-refractivity contribution < 1.29 is 9.53 Å². The monoisotopic (exact) mass is 366 g/mol. The van der Waals surface area contributed by atoms with E-state index < -0.39 is 0 Å². The van der Waals surface area contributed by atoms with E-state index in [4.69, 9.17) is 4.74 Å². The Morgan fingerprint density at radius 1 is 1.11 bits per heavy atom. The SMILES string of the molecule is CCCCOc1ccc(NC(=O)N2CCCCC(c3ccccc3)C2)cc1. The van der Waals surface area contributed by atoms with E-state index in [0.717, 1.165) is 63.2 Å². The summed E-state index contributed by atoms with van der Waals surface area (Å²) in [5.74, 6) is 1.26. The van der Waals surface area contributed by atoms with Crippen LogP contribution in [0, 0.1) is 0 Å². The molecule has 1 unspecified atom stereocenters. The summed E-state index contributed by atoms with van der Waals surface area (Å²) in [6.45, 7) is 4.46. The second-order valence-electron chi connectivity index (χ2n) is 7.21. The van der Waals surface area contributed by atoms with Gasteiger partial charge in [-0.05, 0) is 49.1 Å². The number of anilines is 1. The summed E-state index contributed by atoms with van der Waals surface area (Å²) in [6, 6.07) is 18.2. The van der Waals surface area contributed by atoms with Gasteiger partial charge in [0.2, 0.25) is 0 Å². The van der Waals surface area contributed by atoms with Crippen molar-refractivity contribution in [2.75, 3.05) is 25.0 Å². The number of carbonyl (C=O) groups excluding carboxylic acids is 1. The third-order valence-electron chi connectivity index (χ3n) is 5.10. The molecule has 1 aliphatic rings. The van der Waals surface area contributed by atoms with Crippen LogP contribution in [0.1, 0.15) is 50.5 Å². The lowest BCUT2D eigenvalue weighted by Crippen LogP contribution is -2.37. The van der Waals surface area contributed by atoms with Crippen molar-refractivity contribution in [3.05, 3.63) is 60.2 Å². The molecule has 0 aliphatic carbocycles. The Labute approximate surface area is 162 Å². The minimum atomic E-state index is -0.0162. The number of hydrogen-bond donors (Lipinski definition) is 1. The van der Waals surface area contributed by atoms with Crippen LogP contribution in [0.5, 0.6) is 5.75 Å². The molecule has 1 atom stereocenters. The van der Waals surface area contributed by atoms with Crippen molar-refractivity contribution in [2.45, 2.75) is 44.9 Å². The van der Waals surface area contributed by atoms with Crippen molar-refractivity contribution in [1.29, 1.82) is 0 Å². The van der Waals surface area contributed by atoms with Crippen LogP contribution < -0.4 is 10.1 Å². The number of carbonyl (C=O) groups is 1. The highest BCUT2D eigenvalue weighted by atomic mass is 16.5. The first kappa shape index (κ1) is 19.3. The summed E-state index contributed by atoms with van der Waals surface area (Å²) in [5.41, 5.74) is 2.13.